The summed E-state index contributed by atoms with van der Waals surface area (Å²) in [6.45, 7) is 7.05. The minimum absolute atomic E-state index is 0.589. The molecular formula is C10H13ClN2. The minimum Gasteiger partial charge on any atom is -0.319 e. The van der Waals surface area contributed by atoms with Gasteiger partial charge in [0.1, 0.15) is 11.0 Å². The summed E-state index contributed by atoms with van der Waals surface area (Å²) in [6.07, 6.45) is 3.86. The van der Waals surface area contributed by atoms with Crippen LogP contribution >= 0.6 is 11.6 Å². The number of hydrogen-bond donors (Lipinski definition) is 0. The van der Waals surface area contributed by atoms with Crippen LogP contribution in [0.5, 0.6) is 0 Å². The molecule has 0 radical (unpaired) electrons. The van der Waals surface area contributed by atoms with Crippen LogP contribution in [0.1, 0.15) is 19.2 Å². The molecular weight excluding hydrogens is 184 g/mol. The van der Waals surface area contributed by atoms with Crippen LogP contribution in [0.4, 0.5) is 0 Å². The Labute approximate surface area is 83.2 Å². The van der Waals surface area contributed by atoms with Crippen LogP contribution in [0.15, 0.2) is 18.3 Å². The van der Waals surface area contributed by atoms with Crippen LogP contribution in [-0.4, -0.2) is 9.55 Å². The fourth-order valence-electron chi connectivity index (χ4n) is 1.82. The molecule has 1 aromatic heterocycles. The molecule has 1 unspecified atom stereocenters. The number of imidazole rings is 1. The van der Waals surface area contributed by atoms with E-state index in [1.807, 2.05) is 0 Å². The lowest BCUT2D eigenvalue weighted by molar-refractivity contribution is 0.428. The van der Waals surface area contributed by atoms with Crippen LogP contribution in [0.2, 0.25) is 5.15 Å². The van der Waals surface area contributed by atoms with E-state index in [2.05, 4.69) is 23.1 Å². The van der Waals surface area contributed by atoms with Gasteiger partial charge in [-0.1, -0.05) is 23.8 Å². The number of rotatable bonds is 1. The predicted molar refractivity (Wildman–Crippen MR) is 53.9 cm³/mol. The molecule has 1 aliphatic heterocycles. The van der Waals surface area contributed by atoms with E-state index in [0.717, 1.165) is 30.4 Å². The summed E-state index contributed by atoms with van der Waals surface area (Å²) in [6, 6.07) is 0. The molecule has 0 amide bonds. The predicted octanol–water partition coefficient (Wildman–Crippen LogP) is 2.68. The van der Waals surface area contributed by atoms with E-state index in [9.17, 15) is 0 Å². The van der Waals surface area contributed by atoms with Crippen LogP contribution in [-0.2, 0) is 13.0 Å². The summed E-state index contributed by atoms with van der Waals surface area (Å²) in [5, 5.41) is 0.759. The Kier molecular flexibility index (Phi) is 2.16. The van der Waals surface area contributed by atoms with Gasteiger partial charge in [-0.15, -0.1) is 0 Å². The van der Waals surface area contributed by atoms with Gasteiger partial charge in [0, 0.05) is 13.0 Å². The molecule has 3 heteroatoms. The van der Waals surface area contributed by atoms with Crippen molar-refractivity contribution in [2.24, 2.45) is 5.92 Å². The molecule has 0 bridgehead atoms. The van der Waals surface area contributed by atoms with Gasteiger partial charge in [0.05, 0.1) is 6.20 Å². The number of aromatic nitrogens is 2. The molecule has 0 fully saturated rings. The van der Waals surface area contributed by atoms with Crippen molar-refractivity contribution >= 4 is 11.6 Å². The van der Waals surface area contributed by atoms with E-state index in [1.54, 1.807) is 6.20 Å². The fraction of sp³-hybridized carbons (Fsp3) is 0.500. The van der Waals surface area contributed by atoms with Crippen LogP contribution in [0.3, 0.4) is 0 Å². The lowest BCUT2D eigenvalue weighted by Gasteiger charge is -2.23. The summed E-state index contributed by atoms with van der Waals surface area (Å²) in [7, 11) is 0. The molecule has 2 nitrogen and oxygen atoms in total. The van der Waals surface area contributed by atoms with E-state index >= 15 is 0 Å². The topological polar surface area (TPSA) is 17.8 Å². The van der Waals surface area contributed by atoms with Gasteiger partial charge in [0.15, 0.2) is 0 Å². The standard InChI is InChI=1S/C10H13ClN2/c1-7(2)8-3-4-13-9(11)6-12-10(13)5-8/h6,8H,1,3-5H2,2H3. The summed E-state index contributed by atoms with van der Waals surface area (Å²) < 4.78 is 2.08. The number of halogens is 1. The second-order valence-electron chi connectivity index (χ2n) is 3.68. The van der Waals surface area contributed by atoms with Gasteiger partial charge in [-0.2, -0.15) is 0 Å². The first-order valence-corrected chi connectivity index (χ1v) is 4.91. The maximum atomic E-state index is 5.96. The van der Waals surface area contributed by atoms with Gasteiger partial charge in [0.2, 0.25) is 0 Å². The van der Waals surface area contributed by atoms with E-state index < -0.39 is 0 Å². The monoisotopic (exact) mass is 196 g/mol. The molecule has 70 valence electrons. The first-order chi connectivity index (χ1) is 6.18. The largest absolute Gasteiger partial charge is 0.319 e. The average molecular weight is 197 g/mol. The molecule has 13 heavy (non-hydrogen) atoms. The van der Waals surface area contributed by atoms with E-state index in [0.29, 0.717) is 5.92 Å². The zero-order valence-corrected chi connectivity index (χ0v) is 8.51. The van der Waals surface area contributed by atoms with Crippen molar-refractivity contribution in [3.8, 4) is 0 Å². The van der Waals surface area contributed by atoms with Gasteiger partial charge in [-0.25, -0.2) is 4.98 Å². The first-order valence-electron chi connectivity index (χ1n) is 4.54. The SMILES string of the molecule is C=C(C)C1CCn2c(Cl)cnc2C1. The molecule has 0 aromatic carbocycles. The summed E-state index contributed by atoms with van der Waals surface area (Å²) in [5.41, 5.74) is 1.25. The highest BCUT2D eigenvalue weighted by molar-refractivity contribution is 6.29. The normalized spacial score (nSPS) is 21.2. The zero-order chi connectivity index (χ0) is 9.42. The van der Waals surface area contributed by atoms with Crippen molar-refractivity contribution in [2.45, 2.75) is 26.3 Å². The van der Waals surface area contributed by atoms with E-state index in [1.165, 1.54) is 5.57 Å². The molecule has 1 aromatic rings. The Morgan fingerprint density at radius 1 is 1.77 bits per heavy atom. The van der Waals surface area contributed by atoms with E-state index in [-0.39, 0.29) is 0 Å². The van der Waals surface area contributed by atoms with Crippen LogP contribution in [0.25, 0.3) is 0 Å². The minimum atomic E-state index is 0.589. The van der Waals surface area contributed by atoms with Crippen molar-refractivity contribution < 1.29 is 0 Å². The average Bonchev–Trinajstić information content (AvgIpc) is 2.47. The lowest BCUT2D eigenvalue weighted by atomic mass is 9.92. The molecule has 0 aliphatic carbocycles. The number of hydrogen-bond acceptors (Lipinski definition) is 1. The lowest BCUT2D eigenvalue weighted by Crippen LogP contribution is -2.20. The Morgan fingerprint density at radius 2 is 2.54 bits per heavy atom. The van der Waals surface area contributed by atoms with Gasteiger partial charge in [-0.3, -0.25) is 0 Å². The zero-order valence-electron chi connectivity index (χ0n) is 7.76. The van der Waals surface area contributed by atoms with Crippen LogP contribution < -0.4 is 0 Å². The summed E-state index contributed by atoms with van der Waals surface area (Å²) in [4.78, 5) is 4.28. The third kappa shape index (κ3) is 1.51. The van der Waals surface area contributed by atoms with E-state index in [4.69, 9.17) is 11.6 Å². The van der Waals surface area contributed by atoms with Gasteiger partial charge in [0.25, 0.3) is 0 Å². The van der Waals surface area contributed by atoms with Crippen molar-refractivity contribution in [1.29, 1.82) is 0 Å². The van der Waals surface area contributed by atoms with Crippen LogP contribution in [0, 0.1) is 5.92 Å². The number of nitrogens with zero attached hydrogens (tertiary/aromatic N) is 2. The Morgan fingerprint density at radius 3 is 3.23 bits per heavy atom. The quantitative estimate of drug-likeness (QED) is 0.632. The second-order valence-corrected chi connectivity index (χ2v) is 4.07. The van der Waals surface area contributed by atoms with Crippen molar-refractivity contribution in [3.05, 3.63) is 29.3 Å². The summed E-state index contributed by atoms with van der Waals surface area (Å²) in [5.74, 6) is 1.69. The Bertz CT molecular complexity index is 341. The maximum absolute atomic E-state index is 5.96. The van der Waals surface area contributed by atoms with Gasteiger partial charge >= 0.3 is 0 Å². The summed E-state index contributed by atoms with van der Waals surface area (Å²) >= 11 is 5.96. The molecule has 1 atom stereocenters. The number of fused-ring (bicyclic) bond motifs is 1. The smallest absolute Gasteiger partial charge is 0.128 e. The Hall–Kier alpha value is -0.760. The maximum Gasteiger partial charge on any atom is 0.128 e. The van der Waals surface area contributed by atoms with Crippen molar-refractivity contribution in [2.75, 3.05) is 0 Å². The molecule has 2 rings (SSSR count). The molecule has 0 saturated heterocycles. The Balaban J connectivity index is 2.25. The molecule has 0 saturated carbocycles. The van der Waals surface area contributed by atoms with Gasteiger partial charge < -0.3 is 4.57 Å². The highest BCUT2D eigenvalue weighted by Gasteiger charge is 2.21. The third-order valence-corrected chi connectivity index (χ3v) is 3.02. The highest BCUT2D eigenvalue weighted by atomic mass is 35.5. The van der Waals surface area contributed by atoms with Crippen molar-refractivity contribution in [3.63, 3.8) is 0 Å². The highest BCUT2D eigenvalue weighted by Crippen LogP contribution is 2.27. The molecule has 2 heterocycles. The number of allylic oxidation sites excluding steroid dienone is 1. The third-order valence-electron chi connectivity index (χ3n) is 2.72. The van der Waals surface area contributed by atoms with Gasteiger partial charge in [-0.05, 0) is 19.3 Å². The van der Waals surface area contributed by atoms with Crippen molar-refractivity contribution in [1.82, 2.24) is 9.55 Å². The molecule has 1 aliphatic rings. The molecule has 0 spiro atoms. The second kappa shape index (κ2) is 3.18. The first kappa shape index (κ1) is 8.82. The fourth-order valence-corrected chi connectivity index (χ4v) is 2.05. The molecule has 0 N–H and O–H groups in total.